The lowest BCUT2D eigenvalue weighted by atomic mass is 10.0. The van der Waals surface area contributed by atoms with Crippen molar-refractivity contribution in [3.63, 3.8) is 0 Å². The van der Waals surface area contributed by atoms with Crippen LogP contribution < -0.4 is 0 Å². The molecule has 25 heavy (non-hydrogen) atoms. The second-order valence-corrected chi connectivity index (χ2v) is 6.71. The molecule has 8 heteroatoms. The number of amides is 2. The molecule has 138 valence electrons. The zero-order valence-electron chi connectivity index (χ0n) is 15.0. The molecule has 2 amide bonds. The van der Waals surface area contributed by atoms with E-state index < -0.39 is 0 Å². The summed E-state index contributed by atoms with van der Waals surface area (Å²) in [6.45, 7) is 8.65. The average molecular weight is 349 g/mol. The number of nitrogens with zero attached hydrogens (tertiary/aromatic N) is 4. The van der Waals surface area contributed by atoms with Gasteiger partial charge in [0.15, 0.2) is 0 Å². The molecular weight excluding hydrogens is 322 g/mol. The van der Waals surface area contributed by atoms with Crippen LogP contribution in [0.5, 0.6) is 0 Å². The van der Waals surface area contributed by atoms with E-state index in [1.54, 1.807) is 11.0 Å². The number of nitrogens with one attached hydrogen (secondary N) is 1. The van der Waals surface area contributed by atoms with Gasteiger partial charge in [0, 0.05) is 51.0 Å². The minimum absolute atomic E-state index is 0.000732. The van der Waals surface area contributed by atoms with E-state index in [0.717, 1.165) is 44.7 Å². The Morgan fingerprint density at radius 1 is 1.24 bits per heavy atom. The highest BCUT2D eigenvalue weighted by atomic mass is 16.6. The van der Waals surface area contributed by atoms with Crippen LogP contribution >= 0.6 is 0 Å². The third-order valence-electron chi connectivity index (χ3n) is 4.97. The SMILES string of the molecule is CCOC(=O)N1CCN(C2CCCN(C(=O)c3cc(C)[nH]n3)C2)CC1. The van der Waals surface area contributed by atoms with Crippen molar-refractivity contribution in [2.24, 2.45) is 0 Å². The Labute approximate surface area is 148 Å². The Kier molecular flexibility index (Phi) is 5.57. The summed E-state index contributed by atoms with van der Waals surface area (Å²) in [7, 11) is 0. The molecule has 2 fully saturated rings. The van der Waals surface area contributed by atoms with Gasteiger partial charge in [0.25, 0.3) is 5.91 Å². The zero-order chi connectivity index (χ0) is 17.8. The smallest absolute Gasteiger partial charge is 0.409 e. The predicted octanol–water partition coefficient (Wildman–Crippen LogP) is 1.10. The second kappa shape index (κ2) is 7.86. The maximum absolute atomic E-state index is 12.6. The molecule has 1 aromatic rings. The molecule has 0 aliphatic carbocycles. The molecule has 3 rings (SSSR count). The molecule has 8 nitrogen and oxygen atoms in total. The number of carbonyl (C=O) groups excluding carboxylic acids is 2. The highest BCUT2D eigenvalue weighted by Crippen LogP contribution is 2.19. The fourth-order valence-corrected chi connectivity index (χ4v) is 3.61. The molecule has 0 aromatic carbocycles. The van der Waals surface area contributed by atoms with Crippen molar-refractivity contribution in [1.82, 2.24) is 24.9 Å². The number of aryl methyl sites for hydroxylation is 1. The normalized spacial score (nSPS) is 22.1. The van der Waals surface area contributed by atoms with Crippen LogP contribution in [0.3, 0.4) is 0 Å². The maximum atomic E-state index is 12.6. The fraction of sp³-hybridized carbons (Fsp3) is 0.706. The van der Waals surface area contributed by atoms with Crippen molar-refractivity contribution in [3.05, 3.63) is 17.5 Å². The molecule has 3 heterocycles. The lowest BCUT2D eigenvalue weighted by Gasteiger charge is -2.42. The summed E-state index contributed by atoms with van der Waals surface area (Å²) in [5.41, 5.74) is 1.39. The number of hydrogen-bond donors (Lipinski definition) is 1. The third kappa shape index (κ3) is 4.12. The maximum Gasteiger partial charge on any atom is 0.409 e. The van der Waals surface area contributed by atoms with Crippen molar-refractivity contribution < 1.29 is 14.3 Å². The minimum atomic E-state index is -0.225. The van der Waals surface area contributed by atoms with Crippen LogP contribution in [0.2, 0.25) is 0 Å². The van der Waals surface area contributed by atoms with Gasteiger partial charge < -0.3 is 14.5 Å². The number of aromatic nitrogens is 2. The number of carbonyl (C=O) groups is 2. The van der Waals surface area contributed by atoms with Crippen molar-refractivity contribution in [1.29, 1.82) is 0 Å². The predicted molar refractivity (Wildman–Crippen MR) is 92.4 cm³/mol. The van der Waals surface area contributed by atoms with Crippen LogP contribution in [0.4, 0.5) is 4.79 Å². The summed E-state index contributed by atoms with van der Waals surface area (Å²) in [6.07, 6.45) is 1.86. The van der Waals surface area contributed by atoms with Gasteiger partial charge in [-0.15, -0.1) is 0 Å². The first kappa shape index (κ1) is 17.7. The summed E-state index contributed by atoms with van der Waals surface area (Å²) in [4.78, 5) is 30.5. The second-order valence-electron chi connectivity index (χ2n) is 6.71. The van der Waals surface area contributed by atoms with Crippen LogP contribution in [0.1, 0.15) is 35.9 Å². The molecule has 1 unspecified atom stereocenters. The van der Waals surface area contributed by atoms with E-state index in [0.29, 0.717) is 31.4 Å². The number of rotatable bonds is 3. The largest absolute Gasteiger partial charge is 0.450 e. The molecule has 0 spiro atoms. The van der Waals surface area contributed by atoms with Crippen molar-refractivity contribution in [2.45, 2.75) is 32.7 Å². The third-order valence-corrected chi connectivity index (χ3v) is 4.97. The van der Waals surface area contributed by atoms with E-state index in [-0.39, 0.29) is 12.0 Å². The fourth-order valence-electron chi connectivity index (χ4n) is 3.61. The highest BCUT2D eigenvalue weighted by Gasteiger charge is 2.32. The van der Waals surface area contributed by atoms with E-state index in [4.69, 9.17) is 4.74 Å². The van der Waals surface area contributed by atoms with Crippen LogP contribution in [0.25, 0.3) is 0 Å². The van der Waals surface area contributed by atoms with Crippen LogP contribution in [-0.4, -0.2) is 88.8 Å². The molecule has 0 radical (unpaired) electrons. The van der Waals surface area contributed by atoms with Gasteiger partial charge in [0.1, 0.15) is 5.69 Å². The van der Waals surface area contributed by atoms with Gasteiger partial charge in [-0.1, -0.05) is 0 Å². The number of piperazine rings is 1. The van der Waals surface area contributed by atoms with Gasteiger partial charge >= 0.3 is 6.09 Å². The van der Waals surface area contributed by atoms with E-state index in [2.05, 4.69) is 15.1 Å². The van der Waals surface area contributed by atoms with E-state index in [1.807, 2.05) is 18.7 Å². The Balaban J connectivity index is 1.54. The molecule has 1 N–H and O–H groups in total. The molecule has 0 bridgehead atoms. The molecule has 2 aliphatic rings. The summed E-state index contributed by atoms with van der Waals surface area (Å²) >= 11 is 0. The summed E-state index contributed by atoms with van der Waals surface area (Å²) in [5, 5.41) is 6.92. The van der Waals surface area contributed by atoms with E-state index in [1.165, 1.54) is 0 Å². The summed E-state index contributed by atoms with van der Waals surface area (Å²) < 4.78 is 5.07. The van der Waals surface area contributed by atoms with Gasteiger partial charge in [0.2, 0.25) is 0 Å². The number of ether oxygens (including phenoxy) is 1. The van der Waals surface area contributed by atoms with Crippen molar-refractivity contribution >= 4 is 12.0 Å². The molecule has 2 saturated heterocycles. The standard InChI is InChI=1S/C17H27N5O3/c1-3-25-17(24)21-9-7-20(8-10-21)14-5-4-6-22(12-14)16(23)15-11-13(2)18-19-15/h11,14H,3-10,12H2,1-2H3,(H,18,19). The Morgan fingerprint density at radius 3 is 2.64 bits per heavy atom. The monoisotopic (exact) mass is 349 g/mol. The topological polar surface area (TPSA) is 81.8 Å². The van der Waals surface area contributed by atoms with E-state index >= 15 is 0 Å². The number of hydrogen-bond acceptors (Lipinski definition) is 5. The van der Waals surface area contributed by atoms with Gasteiger partial charge in [-0.05, 0) is 32.8 Å². The molecule has 1 aromatic heterocycles. The summed E-state index contributed by atoms with van der Waals surface area (Å²) in [6, 6.07) is 2.14. The number of aromatic amines is 1. The van der Waals surface area contributed by atoms with Crippen molar-refractivity contribution in [2.75, 3.05) is 45.9 Å². The molecule has 0 saturated carbocycles. The van der Waals surface area contributed by atoms with Crippen LogP contribution in [-0.2, 0) is 4.74 Å². The lowest BCUT2D eigenvalue weighted by molar-refractivity contribution is 0.0375. The van der Waals surface area contributed by atoms with Crippen molar-refractivity contribution in [3.8, 4) is 0 Å². The van der Waals surface area contributed by atoms with E-state index in [9.17, 15) is 9.59 Å². The first-order valence-corrected chi connectivity index (χ1v) is 9.05. The number of piperidine rings is 1. The van der Waals surface area contributed by atoms with Gasteiger partial charge in [-0.2, -0.15) is 5.10 Å². The Morgan fingerprint density at radius 2 is 2.00 bits per heavy atom. The van der Waals surface area contributed by atoms with Crippen LogP contribution in [0.15, 0.2) is 6.07 Å². The van der Waals surface area contributed by atoms with Gasteiger partial charge in [0.05, 0.1) is 6.61 Å². The number of H-pyrrole nitrogens is 1. The quantitative estimate of drug-likeness (QED) is 0.884. The first-order chi connectivity index (χ1) is 12.1. The van der Waals surface area contributed by atoms with Gasteiger partial charge in [-0.3, -0.25) is 14.8 Å². The zero-order valence-corrected chi connectivity index (χ0v) is 15.0. The Hall–Kier alpha value is -2.09. The highest BCUT2D eigenvalue weighted by molar-refractivity contribution is 5.92. The summed E-state index contributed by atoms with van der Waals surface area (Å²) in [5.74, 6) is -0.000732. The average Bonchev–Trinajstić information content (AvgIpc) is 3.08. The lowest BCUT2D eigenvalue weighted by Crippen LogP contribution is -2.56. The van der Waals surface area contributed by atoms with Crippen LogP contribution in [0, 0.1) is 6.92 Å². The van der Waals surface area contributed by atoms with Gasteiger partial charge in [-0.25, -0.2) is 4.79 Å². The molecular formula is C17H27N5O3. The first-order valence-electron chi connectivity index (χ1n) is 9.05. The molecule has 2 aliphatic heterocycles. The minimum Gasteiger partial charge on any atom is -0.450 e. The Bertz CT molecular complexity index is 609. The number of likely N-dealkylation sites (tertiary alicyclic amines) is 1. The molecule has 1 atom stereocenters.